The van der Waals surface area contributed by atoms with E-state index in [2.05, 4.69) is 9.88 Å². The molecule has 2 aliphatic heterocycles. The van der Waals surface area contributed by atoms with Crippen LogP contribution in [0.4, 0.5) is 4.39 Å². The van der Waals surface area contributed by atoms with Crippen LogP contribution in [0.2, 0.25) is 0 Å². The fourth-order valence-electron chi connectivity index (χ4n) is 4.46. The smallest absolute Gasteiger partial charge is 0.183 e. The van der Waals surface area contributed by atoms with E-state index in [1.165, 1.54) is 12.1 Å². The van der Waals surface area contributed by atoms with Crippen molar-refractivity contribution in [3.8, 4) is 11.1 Å². The van der Waals surface area contributed by atoms with Crippen molar-refractivity contribution < 1.29 is 12.8 Å². The van der Waals surface area contributed by atoms with Crippen LogP contribution in [0, 0.1) is 5.82 Å². The second-order valence-electron chi connectivity index (χ2n) is 7.51. The van der Waals surface area contributed by atoms with Crippen molar-refractivity contribution >= 4 is 9.84 Å². The van der Waals surface area contributed by atoms with Gasteiger partial charge in [0.05, 0.1) is 10.1 Å². The first-order valence-electron chi connectivity index (χ1n) is 9.27. The van der Waals surface area contributed by atoms with Gasteiger partial charge >= 0.3 is 0 Å². The Labute approximate surface area is 163 Å². The lowest BCUT2D eigenvalue weighted by atomic mass is 9.95. The molecule has 3 aromatic rings. The highest BCUT2D eigenvalue weighted by molar-refractivity contribution is 7.92. The summed E-state index contributed by atoms with van der Waals surface area (Å²) in [4.78, 5) is 6.73. The van der Waals surface area contributed by atoms with Crippen LogP contribution in [0.5, 0.6) is 0 Å². The maximum Gasteiger partial charge on any atom is 0.183 e. The van der Waals surface area contributed by atoms with Gasteiger partial charge in [0.15, 0.2) is 9.84 Å². The Bertz CT molecular complexity index is 1150. The van der Waals surface area contributed by atoms with Crippen molar-refractivity contribution in [3.05, 3.63) is 83.9 Å². The van der Waals surface area contributed by atoms with Crippen LogP contribution in [0.25, 0.3) is 11.1 Å². The molecule has 6 heteroatoms. The molecular formula is C22H19FN2O2S. The Morgan fingerprint density at radius 2 is 1.93 bits per heavy atom. The number of aromatic nitrogens is 1. The molecule has 1 saturated heterocycles. The molecule has 0 N–H and O–H groups in total. The molecule has 28 heavy (non-hydrogen) atoms. The molecule has 3 heterocycles. The Hall–Kier alpha value is -2.57. The molecule has 4 nitrogen and oxygen atoms in total. The lowest BCUT2D eigenvalue weighted by Gasteiger charge is -2.17. The number of hydrogen-bond donors (Lipinski definition) is 0. The molecule has 1 aromatic heterocycles. The van der Waals surface area contributed by atoms with Crippen molar-refractivity contribution in [2.45, 2.75) is 22.6 Å². The number of likely N-dealkylation sites (tertiary alicyclic amines) is 1. The third kappa shape index (κ3) is 2.84. The zero-order valence-electron chi connectivity index (χ0n) is 15.1. The van der Waals surface area contributed by atoms with E-state index in [1.807, 2.05) is 30.3 Å². The molecule has 2 atom stereocenters. The fourth-order valence-corrected chi connectivity index (χ4v) is 6.66. The summed E-state index contributed by atoms with van der Waals surface area (Å²) in [5.74, 6) is -0.318. The molecule has 5 rings (SSSR count). The Balaban J connectivity index is 1.47. The SMILES string of the molecule is O=S1(=O)c2ccc(-c3cccnc3)cc2[C@H]2CN(Cc3cccc(F)c3)C[C@@H]21. The number of halogens is 1. The molecule has 142 valence electrons. The van der Waals surface area contributed by atoms with Crippen LogP contribution in [-0.4, -0.2) is 36.6 Å². The standard InChI is InChI=1S/C22H19FN2O2S/c23-18-5-1-3-15(9-18)12-25-13-20-19-10-16(17-4-2-8-24-11-17)6-7-21(19)28(26,27)22(20)14-25/h1-11,20,22H,12-14H2/t20-,22+/m1/s1. The summed E-state index contributed by atoms with van der Waals surface area (Å²) in [5.41, 5.74) is 3.71. The Morgan fingerprint density at radius 3 is 2.71 bits per heavy atom. The summed E-state index contributed by atoms with van der Waals surface area (Å²) >= 11 is 0. The third-order valence-corrected chi connectivity index (χ3v) is 8.01. The van der Waals surface area contributed by atoms with Crippen LogP contribution in [-0.2, 0) is 16.4 Å². The topological polar surface area (TPSA) is 50.3 Å². The largest absolute Gasteiger partial charge is 0.297 e. The number of fused-ring (bicyclic) bond motifs is 3. The average molecular weight is 394 g/mol. The van der Waals surface area contributed by atoms with Gasteiger partial charge < -0.3 is 0 Å². The monoisotopic (exact) mass is 394 g/mol. The van der Waals surface area contributed by atoms with E-state index >= 15 is 0 Å². The number of pyridine rings is 1. The number of hydrogen-bond acceptors (Lipinski definition) is 4. The second kappa shape index (κ2) is 6.50. The van der Waals surface area contributed by atoms with Crippen LogP contribution < -0.4 is 0 Å². The van der Waals surface area contributed by atoms with Gasteiger partial charge in [-0.1, -0.05) is 24.3 Å². The van der Waals surface area contributed by atoms with Gasteiger partial charge in [-0.2, -0.15) is 0 Å². The van der Waals surface area contributed by atoms with Crippen molar-refractivity contribution in [1.82, 2.24) is 9.88 Å². The molecule has 0 saturated carbocycles. The number of sulfone groups is 1. The fraction of sp³-hybridized carbons (Fsp3) is 0.227. The van der Waals surface area contributed by atoms with Crippen LogP contribution >= 0.6 is 0 Å². The van der Waals surface area contributed by atoms with Crippen LogP contribution in [0.15, 0.2) is 71.9 Å². The van der Waals surface area contributed by atoms with E-state index in [-0.39, 0.29) is 11.7 Å². The van der Waals surface area contributed by atoms with E-state index < -0.39 is 15.1 Å². The van der Waals surface area contributed by atoms with Gasteiger partial charge in [0, 0.05) is 37.9 Å². The van der Waals surface area contributed by atoms with Crippen molar-refractivity contribution in [1.29, 1.82) is 0 Å². The molecular weight excluding hydrogens is 375 g/mol. The van der Waals surface area contributed by atoms with E-state index in [9.17, 15) is 12.8 Å². The zero-order valence-corrected chi connectivity index (χ0v) is 15.9. The van der Waals surface area contributed by atoms with Crippen LogP contribution in [0.3, 0.4) is 0 Å². The molecule has 1 fully saturated rings. The summed E-state index contributed by atoms with van der Waals surface area (Å²) in [5, 5.41) is -0.430. The Kier molecular flexibility index (Phi) is 4.07. The van der Waals surface area contributed by atoms with E-state index in [1.54, 1.807) is 24.5 Å². The van der Waals surface area contributed by atoms with Crippen molar-refractivity contribution in [2.24, 2.45) is 0 Å². The molecule has 0 bridgehead atoms. The predicted octanol–water partition coefficient (Wildman–Crippen LogP) is 3.64. The quantitative estimate of drug-likeness (QED) is 0.681. The van der Waals surface area contributed by atoms with Gasteiger partial charge in [0.25, 0.3) is 0 Å². The minimum atomic E-state index is -3.35. The van der Waals surface area contributed by atoms with E-state index in [4.69, 9.17) is 0 Å². The van der Waals surface area contributed by atoms with Gasteiger partial charge in [0.2, 0.25) is 0 Å². The van der Waals surface area contributed by atoms with Crippen LogP contribution in [0.1, 0.15) is 17.0 Å². The maximum atomic E-state index is 13.5. The van der Waals surface area contributed by atoms with Gasteiger partial charge in [-0.15, -0.1) is 0 Å². The summed E-state index contributed by atoms with van der Waals surface area (Å²) in [6.07, 6.45) is 3.51. The zero-order chi connectivity index (χ0) is 19.3. The van der Waals surface area contributed by atoms with Gasteiger partial charge in [-0.3, -0.25) is 9.88 Å². The second-order valence-corrected chi connectivity index (χ2v) is 9.64. The van der Waals surface area contributed by atoms with Gasteiger partial charge in [-0.05, 0) is 52.6 Å². The number of nitrogens with zero attached hydrogens (tertiary/aromatic N) is 2. The predicted molar refractivity (Wildman–Crippen MR) is 105 cm³/mol. The first-order chi connectivity index (χ1) is 13.5. The van der Waals surface area contributed by atoms with Gasteiger partial charge in [0.1, 0.15) is 5.82 Å². The van der Waals surface area contributed by atoms with E-state index in [0.717, 1.165) is 22.3 Å². The normalized spacial score (nSPS) is 22.8. The van der Waals surface area contributed by atoms with Gasteiger partial charge in [-0.25, -0.2) is 12.8 Å². The maximum absolute atomic E-state index is 13.5. The highest BCUT2D eigenvalue weighted by Gasteiger charge is 2.50. The molecule has 0 aliphatic carbocycles. The molecule has 0 spiro atoms. The van der Waals surface area contributed by atoms with Crippen molar-refractivity contribution in [2.75, 3.05) is 13.1 Å². The summed E-state index contributed by atoms with van der Waals surface area (Å²) in [6, 6.07) is 15.9. The van der Waals surface area contributed by atoms with E-state index in [0.29, 0.717) is 24.5 Å². The lowest BCUT2D eigenvalue weighted by molar-refractivity contribution is 0.325. The Morgan fingerprint density at radius 1 is 1.04 bits per heavy atom. The summed E-state index contributed by atoms with van der Waals surface area (Å²) in [7, 11) is -3.35. The molecule has 2 aromatic carbocycles. The number of benzene rings is 2. The molecule has 0 radical (unpaired) electrons. The molecule has 0 unspecified atom stereocenters. The third-order valence-electron chi connectivity index (χ3n) is 5.75. The molecule has 2 aliphatic rings. The lowest BCUT2D eigenvalue weighted by Crippen LogP contribution is -2.25. The highest BCUT2D eigenvalue weighted by atomic mass is 32.2. The average Bonchev–Trinajstić information content (AvgIpc) is 3.20. The first-order valence-corrected chi connectivity index (χ1v) is 10.8. The minimum Gasteiger partial charge on any atom is -0.297 e. The first kappa shape index (κ1) is 17.5. The minimum absolute atomic E-state index is 0.0508. The highest BCUT2D eigenvalue weighted by Crippen LogP contribution is 2.46. The number of rotatable bonds is 3. The molecule has 0 amide bonds. The summed E-state index contributed by atoms with van der Waals surface area (Å²) < 4.78 is 39.6. The van der Waals surface area contributed by atoms with Crippen molar-refractivity contribution in [3.63, 3.8) is 0 Å². The summed E-state index contributed by atoms with van der Waals surface area (Å²) in [6.45, 7) is 1.68.